The van der Waals surface area contributed by atoms with Crippen LogP contribution in [0, 0.1) is 10.1 Å². The molecule has 1 aromatic rings. The summed E-state index contributed by atoms with van der Waals surface area (Å²) in [5, 5.41) is 14.7. The molecule has 7 nitrogen and oxygen atoms in total. The van der Waals surface area contributed by atoms with Gasteiger partial charge in [0, 0.05) is 6.07 Å². The van der Waals surface area contributed by atoms with Crippen LogP contribution in [0.2, 0.25) is 0 Å². The quantitative estimate of drug-likeness (QED) is 0.450. The molecule has 0 bridgehead atoms. The Bertz CT molecular complexity index is 353. The molecule has 1 N–H and O–H groups in total. The summed E-state index contributed by atoms with van der Waals surface area (Å²) < 4.78 is 4.94. The number of nitrogens with zero attached hydrogens (tertiary/aromatic N) is 3. The summed E-state index contributed by atoms with van der Waals surface area (Å²) in [4.78, 5) is 9.79. The van der Waals surface area contributed by atoms with E-state index in [2.05, 4.69) is 15.9 Å². The van der Waals surface area contributed by atoms with E-state index in [0.717, 1.165) is 0 Å². The summed E-state index contributed by atoms with van der Waals surface area (Å²) in [5.74, 6) is 0.631. The van der Waals surface area contributed by atoms with Gasteiger partial charge in [0.15, 0.2) is 5.22 Å². The lowest BCUT2D eigenvalue weighted by atomic mass is 10.3. The van der Waals surface area contributed by atoms with Gasteiger partial charge in [0.2, 0.25) is 5.22 Å². The van der Waals surface area contributed by atoms with Crippen molar-refractivity contribution in [2.24, 2.45) is 10.4 Å². The second kappa shape index (κ2) is 4.75. The van der Waals surface area contributed by atoms with E-state index in [1.807, 2.05) is 0 Å². The van der Waals surface area contributed by atoms with Gasteiger partial charge in [-0.25, -0.2) is 0 Å². The Morgan fingerprint density at radius 1 is 1.57 bits per heavy atom. The van der Waals surface area contributed by atoms with Gasteiger partial charge in [-0.3, -0.25) is 0 Å². The molecule has 0 fully saturated rings. The van der Waals surface area contributed by atoms with Gasteiger partial charge in [0.05, 0.1) is 17.8 Å². The lowest BCUT2D eigenvalue weighted by molar-refractivity contribution is -0.494. The van der Waals surface area contributed by atoms with E-state index in [0.29, 0.717) is 11.4 Å². The number of ether oxygens (including phenoxy) is 1. The first-order chi connectivity index (χ1) is 6.72. The molecule has 0 saturated heterocycles. The van der Waals surface area contributed by atoms with Crippen LogP contribution in [-0.4, -0.2) is 12.1 Å². The molecular weight excluding hydrogens is 188 g/mol. The van der Waals surface area contributed by atoms with Gasteiger partial charge >= 0.3 is 0 Å². The Labute approximate surface area is 79.5 Å². The van der Waals surface area contributed by atoms with E-state index in [-0.39, 0.29) is 0 Å². The largest absolute Gasteiger partial charge is 0.497 e. The van der Waals surface area contributed by atoms with Crippen molar-refractivity contribution in [3.05, 3.63) is 34.4 Å². The molecule has 0 aliphatic heterocycles. The van der Waals surface area contributed by atoms with Gasteiger partial charge in [0.25, 0.3) is 0 Å². The minimum Gasteiger partial charge on any atom is -0.497 e. The fourth-order valence-electron chi connectivity index (χ4n) is 0.809. The summed E-state index contributed by atoms with van der Waals surface area (Å²) >= 11 is 0. The van der Waals surface area contributed by atoms with Crippen LogP contribution in [0.5, 0.6) is 5.75 Å². The average Bonchev–Trinajstić information content (AvgIpc) is 2.18. The molecule has 0 aliphatic rings. The molecule has 0 aliphatic carbocycles. The van der Waals surface area contributed by atoms with Crippen LogP contribution in [-0.2, 0) is 0 Å². The number of hydrogen-bond donors (Lipinski definition) is 1. The number of anilines is 1. The van der Waals surface area contributed by atoms with Crippen molar-refractivity contribution in [1.82, 2.24) is 0 Å². The van der Waals surface area contributed by atoms with Crippen LogP contribution >= 0.6 is 0 Å². The van der Waals surface area contributed by atoms with E-state index in [9.17, 15) is 10.1 Å². The number of methoxy groups -OCH3 is 1. The highest BCUT2D eigenvalue weighted by atomic mass is 16.7. The molecule has 0 unspecified atom stereocenters. The Morgan fingerprint density at radius 3 is 3.00 bits per heavy atom. The molecular formula is C7H8N4O3. The molecule has 0 atom stereocenters. The molecule has 0 amide bonds. The Morgan fingerprint density at radius 2 is 2.36 bits per heavy atom. The van der Waals surface area contributed by atoms with Crippen LogP contribution in [0.15, 0.2) is 34.7 Å². The van der Waals surface area contributed by atoms with Crippen molar-refractivity contribution >= 4 is 5.69 Å². The van der Waals surface area contributed by atoms with Crippen LogP contribution in [0.3, 0.4) is 0 Å². The molecule has 74 valence electrons. The van der Waals surface area contributed by atoms with Crippen molar-refractivity contribution in [2.45, 2.75) is 0 Å². The first kappa shape index (κ1) is 9.90. The molecule has 7 heteroatoms. The molecule has 0 spiro atoms. The predicted octanol–water partition coefficient (Wildman–Crippen LogP) is 1.67. The number of rotatable bonds is 4. The second-order valence-electron chi connectivity index (χ2n) is 2.27. The van der Waals surface area contributed by atoms with E-state index in [4.69, 9.17) is 4.74 Å². The molecule has 0 saturated carbocycles. The maximum atomic E-state index is 9.79. The van der Waals surface area contributed by atoms with Gasteiger partial charge in [0.1, 0.15) is 5.75 Å². The third kappa shape index (κ3) is 3.05. The van der Waals surface area contributed by atoms with E-state index >= 15 is 0 Å². The predicted molar refractivity (Wildman–Crippen MR) is 48.5 cm³/mol. The molecule has 14 heavy (non-hydrogen) atoms. The molecule has 0 aromatic heterocycles. The highest BCUT2D eigenvalue weighted by Crippen LogP contribution is 2.16. The number of hydrogen-bond acceptors (Lipinski definition) is 4. The monoisotopic (exact) mass is 196 g/mol. The van der Waals surface area contributed by atoms with Gasteiger partial charge in [-0.05, 0) is 12.1 Å². The number of nitro groups is 1. The standard InChI is InChI=1S/C7H8N4O3/c1-14-7-4-2-3-6(5-7)8-9-10-11(12)13/h2-5H,1H3,(H,8,10). The fraction of sp³-hybridized carbons (Fsp3) is 0.143. The minimum atomic E-state index is -0.896. The van der Waals surface area contributed by atoms with Crippen LogP contribution in [0.25, 0.3) is 0 Å². The zero-order chi connectivity index (χ0) is 10.4. The number of nitrogens with one attached hydrogen (secondary N) is 1. The SMILES string of the molecule is COc1cccc(NN=N[N+](=O)[O-])c1. The summed E-state index contributed by atoms with van der Waals surface area (Å²) in [6.45, 7) is 0. The minimum absolute atomic E-state index is 0.565. The van der Waals surface area contributed by atoms with Crippen molar-refractivity contribution in [3.8, 4) is 5.75 Å². The molecule has 1 aromatic carbocycles. The smallest absolute Gasteiger partial charge is 0.207 e. The third-order valence-corrected chi connectivity index (χ3v) is 1.37. The topological polar surface area (TPSA) is 89.1 Å². The van der Waals surface area contributed by atoms with Gasteiger partial charge < -0.3 is 14.9 Å². The van der Waals surface area contributed by atoms with Crippen LogP contribution < -0.4 is 10.2 Å². The lowest BCUT2D eigenvalue weighted by Gasteiger charge is -1.99. The normalized spacial score (nSPS) is 10.1. The maximum absolute atomic E-state index is 9.79. The Hall–Kier alpha value is -2.18. The van der Waals surface area contributed by atoms with Crippen molar-refractivity contribution in [2.75, 3.05) is 12.5 Å². The molecule has 0 heterocycles. The van der Waals surface area contributed by atoms with Crippen molar-refractivity contribution < 1.29 is 9.77 Å². The van der Waals surface area contributed by atoms with E-state index in [1.165, 1.54) is 7.11 Å². The van der Waals surface area contributed by atoms with Gasteiger partial charge in [-0.15, -0.1) is 0 Å². The maximum Gasteiger partial charge on any atom is 0.207 e. The van der Waals surface area contributed by atoms with Crippen molar-refractivity contribution in [3.63, 3.8) is 0 Å². The Kier molecular flexibility index (Phi) is 3.36. The third-order valence-electron chi connectivity index (χ3n) is 1.37. The summed E-state index contributed by atoms with van der Waals surface area (Å²) in [6, 6.07) is 6.79. The molecule has 1 rings (SSSR count). The zero-order valence-electron chi connectivity index (χ0n) is 7.38. The number of benzene rings is 1. The average molecular weight is 196 g/mol. The van der Waals surface area contributed by atoms with Gasteiger partial charge in [-0.1, -0.05) is 6.07 Å². The first-order valence-corrected chi connectivity index (χ1v) is 3.67. The van der Waals surface area contributed by atoms with E-state index < -0.39 is 5.03 Å². The summed E-state index contributed by atoms with van der Waals surface area (Å²) in [7, 11) is 1.53. The van der Waals surface area contributed by atoms with E-state index in [1.54, 1.807) is 24.3 Å². The lowest BCUT2D eigenvalue weighted by Crippen LogP contribution is -1.91. The fourth-order valence-corrected chi connectivity index (χ4v) is 0.809. The first-order valence-electron chi connectivity index (χ1n) is 3.67. The highest BCUT2D eigenvalue weighted by molar-refractivity contribution is 5.47. The highest BCUT2D eigenvalue weighted by Gasteiger charge is 1.96. The van der Waals surface area contributed by atoms with Crippen molar-refractivity contribution in [1.29, 1.82) is 0 Å². The van der Waals surface area contributed by atoms with Crippen LogP contribution in [0.4, 0.5) is 5.69 Å². The van der Waals surface area contributed by atoms with Gasteiger partial charge in [-0.2, -0.15) is 5.43 Å². The second-order valence-corrected chi connectivity index (χ2v) is 2.27. The summed E-state index contributed by atoms with van der Waals surface area (Å²) in [6.07, 6.45) is 0. The van der Waals surface area contributed by atoms with Crippen LogP contribution in [0.1, 0.15) is 0 Å². The zero-order valence-corrected chi connectivity index (χ0v) is 7.38. The Balaban J connectivity index is 2.63. The summed E-state index contributed by atoms with van der Waals surface area (Å²) in [5.41, 5.74) is 2.95. The molecule has 0 radical (unpaired) electrons.